The standard InChI is InChI=1S/C14H19F2NO2/c1-18-12-7-11(14(15)16)13(19-2)6-10(12)5-9-3-4-17-8-9/h6-7,9,14,17H,3-5,8H2,1-2H3. The number of hydrogen-bond acceptors (Lipinski definition) is 3. The van der Waals surface area contributed by atoms with Crippen molar-refractivity contribution in [2.24, 2.45) is 5.92 Å². The Labute approximate surface area is 111 Å². The number of hydrogen-bond donors (Lipinski definition) is 1. The molecule has 106 valence electrons. The Kier molecular flexibility index (Phi) is 4.58. The Morgan fingerprint density at radius 3 is 2.53 bits per heavy atom. The first kappa shape index (κ1) is 14.1. The molecule has 0 aliphatic carbocycles. The average Bonchev–Trinajstić information content (AvgIpc) is 2.90. The van der Waals surface area contributed by atoms with Crippen molar-refractivity contribution in [2.75, 3.05) is 27.3 Å². The van der Waals surface area contributed by atoms with E-state index in [0.29, 0.717) is 11.7 Å². The number of alkyl halides is 2. The maximum atomic E-state index is 12.9. The van der Waals surface area contributed by atoms with Gasteiger partial charge in [0.25, 0.3) is 6.43 Å². The topological polar surface area (TPSA) is 30.5 Å². The zero-order valence-electron chi connectivity index (χ0n) is 11.2. The van der Waals surface area contributed by atoms with Gasteiger partial charge in [-0.2, -0.15) is 0 Å². The maximum Gasteiger partial charge on any atom is 0.267 e. The first-order chi connectivity index (χ1) is 9.15. The smallest absolute Gasteiger partial charge is 0.267 e. The van der Waals surface area contributed by atoms with Crippen LogP contribution < -0.4 is 14.8 Å². The molecular weight excluding hydrogens is 252 g/mol. The predicted octanol–water partition coefficient (Wildman–Crippen LogP) is 2.79. The highest BCUT2D eigenvalue weighted by Gasteiger charge is 2.21. The van der Waals surface area contributed by atoms with Gasteiger partial charge in [-0.25, -0.2) is 8.78 Å². The molecule has 1 saturated heterocycles. The van der Waals surface area contributed by atoms with E-state index in [1.165, 1.54) is 20.3 Å². The minimum absolute atomic E-state index is 0.118. The van der Waals surface area contributed by atoms with Gasteiger partial charge >= 0.3 is 0 Å². The van der Waals surface area contributed by atoms with Crippen LogP contribution in [0.2, 0.25) is 0 Å². The van der Waals surface area contributed by atoms with E-state index in [0.717, 1.165) is 31.5 Å². The Bertz CT molecular complexity index is 432. The molecule has 1 heterocycles. The first-order valence-corrected chi connectivity index (χ1v) is 6.39. The number of nitrogens with one attached hydrogen (secondary N) is 1. The third-order valence-electron chi connectivity index (χ3n) is 3.54. The van der Waals surface area contributed by atoms with Gasteiger partial charge in [-0.3, -0.25) is 0 Å². The highest BCUT2D eigenvalue weighted by atomic mass is 19.3. The van der Waals surface area contributed by atoms with Crippen LogP contribution in [0.15, 0.2) is 12.1 Å². The van der Waals surface area contributed by atoms with Gasteiger partial charge in [-0.15, -0.1) is 0 Å². The van der Waals surface area contributed by atoms with Crippen LogP contribution >= 0.6 is 0 Å². The monoisotopic (exact) mass is 271 g/mol. The molecule has 19 heavy (non-hydrogen) atoms. The van der Waals surface area contributed by atoms with E-state index >= 15 is 0 Å². The normalized spacial score (nSPS) is 18.9. The molecule has 3 nitrogen and oxygen atoms in total. The van der Waals surface area contributed by atoms with Gasteiger partial charge < -0.3 is 14.8 Å². The lowest BCUT2D eigenvalue weighted by Crippen LogP contribution is -2.11. The number of rotatable bonds is 5. The zero-order chi connectivity index (χ0) is 13.8. The van der Waals surface area contributed by atoms with Gasteiger partial charge in [-0.05, 0) is 49.5 Å². The molecule has 2 rings (SSSR count). The number of benzene rings is 1. The molecule has 1 atom stereocenters. The minimum atomic E-state index is -2.56. The van der Waals surface area contributed by atoms with E-state index in [-0.39, 0.29) is 11.3 Å². The summed E-state index contributed by atoms with van der Waals surface area (Å²) in [6.07, 6.45) is -0.649. The maximum absolute atomic E-state index is 12.9. The zero-order valence-corrected chi connectivity index (χ0v) is 11.2. The van der Waals surface area contributed by atoms with Crippen LogP contribution in [0, 0.1) is 5.92 Å². The Hall–Kier alpha value is -1.36. The molecule has 0 spiro atoms. The lowest BCUT2D eigenvalue weighted by Gasteiger charge is -2.16. The molecule has 0 radical (unpaired) electrons. The van der Waals surface area contributed by atoms with E-state index in [1.807, 2.05) is 0 Å². The SMILES string of the molecule is COc1cc(C(F)F)c(OC)cc1CC1CCNC1. The molecule has 1 fully saturated rings. The summed E-state index contributed by atoms with van der Waals surface area (Å²) in [4.78, 5) is 0. The highest BCUT2D eigenvalue weighted by Crippen LogP contribution is 2.36. The van der Waals surface area contributed by atoms with Crippen molar-refractivity contribution in [1.29, 1.82) is 0 Å². The lowest BCUT2D eigenvalue weighted by molar-refractivity contribution is 0.146. The van der Waals surface area contributed by atoms with Crippen LogP contribution in [0.4, 0.5) is 8.78 Å². The fourth-order valence-corrected chi connectivity index (χ4v) is 2.51. The van der Waals surface area contributed by atoms with Gasteiger partial charge in [0, 0.05) is 0 Å². The van der Waals surface area contributed by atoms with Crippen molar-refractivity contribution in [3.8, 4) is 11.5 Å². The van der Waals surface area contributed by atoms with Crippen molar-refractivity contribution in [3.63, 3.8) is 0 Å². The van der Waals surface area contributed by atoms with E-state index in [1.54, 1.807) is 6.07 Å². The van der Waals surface area contributed by atoms with Crippen LogP contribution in [0.1, 0.15) is 24.0 Å². The van der Waals surface area contributed by atoms with Crippen LogP contribution in [0.25, 0.3) is 0 Å². The molecular formula is C14H19F2NO2. The molecule has 1 aliphatic rings. The summed E-state index contributed by atoms with van der Waals surface area (Å²) in [6.45, 7) is 1.97. The van der Waals surface area contributed by atoms with Crippen molar-refractivity contribution >= 4 is 0 Å². The second kappa shape index (κ2) is 6.19. The Morgan fingerprint density at radius 1 is 1.26 bits per heavy atom. The van der Waals surface area contributed by atoms with E-state index in [9.17, 15) is 8.78 Å². The average molecular weight is 271 g/mol. The van der Waals surface area contributed by atoms with Gasteiger partial charge in [0.15, 0.2) is 0 Å². The summed E-state index contributed by atoms with van der Waals surface area (Å²) in [5.41, 5.74) is 0.810. The molecule has 5 heteroatoms. The molecule has 1 N–H and O–H groups in total. The van der Waals surface area contributed by atoms with Gasteiger partial charge in [-0.1, -0.05) is 0 Å². The summed E-state index contributed by atoms with van der Waals surface area (Å²) in [5, 5.41) is 3.30. The van der Waals surface area contributed by atoms with Crippen molar-refractivity contribution in [3.05, 3.63) is 23.3 Å². The second-order valence-corrected chi connectivity index (χ2v) is 4.77. The molecule has 1 aromatic carbocycles. The number of halogens is 2. The molecule has 1 aliphatic heterocycles. The first-order valence-electron chi connectivity index (χ1n) is 6.39. The van der Waals surface area contributed by atoms with Crippen LogP contribution in [-0.4, -0.2) is 27.3 Å². The van der Waals surface area contributed by atoms with Crippen molar-refractivity contribution in [1.82, 2.24) is 5.32 Å². The number of methoxy groups -OCH3 is 2. The fraction of sp³-hybridized carbons (Fsp3) is 0.571. The van der Waals surface area contributed by atoms with Crippen molar-refractivity contribution in [2.45, 2.75) is 19.3 Å². The summed E-state index contributed by atoms with van der Waals surface area (Å²) >= 11 is 0. The second-order valence-electron chi connectivity index (χ2n) is 4.77. The summed E-state index contributed by atoms with van der Waals surface area (Å²) < 4.78 is 36.1. The van der Waals surface area contributed by atoms with E-state index in [2.05, 4.69) is 5.32 Å². The fourth-order valence-electron chi connectivity index (χ4n) is 2.51. The largest absolute Gasteiger partial charge is 0.496 e. The predicted molar refractivity (Wildman–Crippen MR) is 69.2 cm³/mol. The lowest BCUT2D eigenvalue weighted by atomic mass is 9.96. The minimum Gasteiger partial charge on any atom is -0.496 e. The Morgan fingerprint density at radius 2 is 2.00 bits per heavy atom. The van der Waals surface area contributed by atoms with Crippen molar-refractivity contribution < 1.29 is 18.3 Å². The summed E-state index contributed by atoms with van der Waals surface area (Å²) in [7, 11) is 2.92. The third kappa shape index (κ3) is 3.15. The molecule has 0 amide bonds. The molecule has 0 bridgehead atoms. The van der Waals surface area contributed by atoms with Gasteiger partial charge in [0.1, 0.15) is 11.5 Å². The van der Waals surface area contributed by atoms with Gasteiger partial charge in [0.05, 0.1) is 19.8 Å². The molecule has 1 unspecified atom stereocenters. The van der Waals surface area contributed by atoms with Crippen LogP contribution in [0.3, 0.4) is 0 Å². The van der Waals surface area contributed by atoms with E-state index in [4.69, 9.17) is 9.47 Å². The quantitative estimate of drug-likeness (QED) is 0.893. The Balaban J connectivity index is 2.30. The number of ether oxygens (including phenoxy) is 2. The van der Waals surface area contributed by atoms with Gasteiger partial charge in [0.2, 0.25) is 0 Å². The van der Waals surface area contributed by atoms with Crippen LogP contribution in [-0.2, 0) is 6.42 Å². The van der Waals surface area contributed by atoms with E-state index < -0.39 is 6.43 Å². The summed E-state index contributed by atoms with van der Waals surface area (Å²) in [6, 6.07) is 3.07. The third-order valence-corrected chi connectivity index (χ3v) is 3.54. The molecule has 0 aromatic heterocycles. The molecule has 1 aromatic rings. The highest BCUT2D eigenvalue weighted by molar-refractivity contribution is 5.47. The molecule has 0 saturated carbocycles. The van der Waals surface area contributed by atoms with Crippen LogP contribution in [0.5, 0.6) is 11.5 Å². The summed E-state index contributed by atoms with van der Waals surface area (Å²) in [5.74, 6) is 1.27.